The SMILES string of the molecule is COC(=O)C[C@]1(C)CCc2ccc(OCc3ccc(-c4cc(OC)ncc4F)c([C@@H]4CCCC4(C)C)c3)cc21. The second-order valence-electron chi connectivity index (χ2n) is 12.0. The highest BCUT2D eigenvalue weighted by molar-refractivity contribution is 5.72. The van der Waals surface area contributed by atoms with Crippen LogP contribution in [0.2, 0.25) is 0 Å². The summed E-state index contributed by atoms with van der Waals surface area (Å²) in [6, 6.07) is 14.1. The molecule has 1 fully saturated rings. The van der Waals surface area contributed by atoms with Crippen LogP contribution in [0, 0.1) is 11.2 Å². The summed E-state index contributed by atoms with van der Waals surface area (Å²) >= 11 is 0. The maximum absolute atomic E-state index is 15.0. The van der Waals surface area contributed by atoms with Crippen LogP contribution < -0.4 is 9.47 Å². The summed E-state index contributed by atoms with van der Waals surface area (Å²) in [7, 11) is 2.98. The number of fused-ring (bicyclic) bond motifs is 1. The molecular weight excluding hydrogens is 493 g/mol. The van der Waals surface area contributed by atoms with Crippen molar-refractivity contribution in [2.75, 3.05) is 14.2 Å². The van der Waals surface area contributed by atoms with E-state index in [0.29, 0.717) is 30.4 Å². The molecule has 0 spiro atoms. The summed E-state index contributed by atoms with van der Waals surface area (Å²) < 4.78 is 31.6. The van der Waals surface area contributed by atoms with E-state index < -0.39 is 0 Å². The van der Waals surface area contributed by atoms with Gasteiger partial charge in [0.2, 0.25) is 5.88 Å². The third-order valence-corrected chi connectivity index (χ3v) is 8.92. The maximum atomic E-state index is 15.0. The predicted octanol–water partition coefficient (Wildman–Crippen LogP) is 7.54. The fraction of sp³-hybridized carbons (Fsp3) is 0.455. The highest BCUT2D eigenvalue weighted by Crippen LogP contribution is 2.51. The van der Waals surface area contributed by atoms with E-state index in [1.54, 1.807) is 13.2 Å². The molecule has 3 aromatic rings. The number of carbonyl (C=O) groups excluding carboxylic acids is 1. The van der Waals surface area contributed by atoms with Gasteiger partial charge in [0.15, 0.2) is 0 Å². The zero-order chi connectivity index (χ0) is 27.8. The average Bonchev–Trinajstić information content (AvgIpc) is 3.45. The van der Waals surface area contributed by atoms with Gasteiger partial charge in [-0.25, -0.2) is 9.37 Å². The van der Waals surface area contributed by atoms with Crippen LogP contribution in [0.3, 0.4) is 0 Å². The van der Waals surface area contributed by atoms with Crippen LogP contribution in [0.4, 0.5) is 4.39 Å². The maximum Gasteiger partial charge on any atom is 0.306 e. The van der Waals surface area contributed by atoms with Crippen molar-refractivity contribution in [3.8, 4) is 22.8 Å². The Balaban J connectivity index is 1.44. The van der Waals surface area contributed by atoms with Gasteiger partial charge in [-0.3, -0.25) is 4.79 Å². The lowest BCUT2D eigenvalue weighted by molar-refractivity contribution is -0.142. The number of pyridine rings is 1. The van der Waals surface area contributed by atoms with Crippen LogP contribution in [0.15, 0.2) is 48.7 Å². The number of rotatable bonds is 8. The number of methoxy groups -OCH3 is 2. The minimum absolute atomic E-state index is 0.117. The molecule has 1 saturated carbocycles. The lowest BCUT2D eigenvalue weighted by Gasteiger charge is -2.30. The summed E-state index contributed by atoms with van der Waals surface area (Å²) in [4.78, 5) is 16.1. The normalized spacial score (nSPS) is 21.4. The van der Waals surface area contributed by atoms with Crippen molar-refractivity contribution >= 4 is 5.97 Å². The smallest absolute Gasteiger partial charge is 0.306 e. The van der Waals surface area contributed by atoms with E-state index in [4.69, 9.17) is 14.2 Å². The van der Waals surface area contributed by atoms with Crippen molar-refractivity contribution in [3.63, 3.8) is 0 Å². The minimum atomic E-state index is -0.356. The Morgan fingerprint density at radius 3 is 2.59 bits per heavy atom. The highest BCUT2D eigenvalue weighted by Gasteiger charge is 2.38. The number of hydrogen-bond donors (Lipinski definition) is 0. The van der Waals surface area contributed by atoms with E-state index in [0.717, 1.165) is 60.1 Å². The number of benzene rings is 2. The molecule has 0 radical (unpaired) electrons. The zero-order valence-electron chi connectivity index (χ0n) is 23.6. The molecule has 1 aromatic heterocycles. The molecule has 6 heteroatoms. The van der Waals surface area contributed by atoms with E-state index in [9.17, 15) is 4.79 Å². The first-order valence-electron chi connectivity index (χ1n) is 13.8. The Bertz CT molecular complexity index is 1380. The second-order valence-corrected chi connectivity index (χ2v) is 12.0. The molecule has 0 saturated heterocycles. The molecule has 1 heterocycles. The van der Waals surface area contributed by atoms with E-state index in [-0.39, 0.29) is 22.6 Å². The number of esters is 1. The van der Waals surface area contributed by atoms with Gasteiger partial charge in [0.25, 0.3) is 0 Å². The van der Waals surface area contributed by atoms with E-state index in [1.165, 1.54) is 18.9 Å². The van der Waals surface area contributed by atoms with Gasteiger partial charge in [-0.2, -0.15) is 0 Å². The van der Waals surface area contributed by atoms with E-state index in [2.05, 4.69) is 44.0 Å². The van der Waals surface area contributed by atoms with Crippen LogP contribution in [-0.2, 0) is 28.0 Å². The van der Waals surface area contributed by atoms with E-state index in [1.807, 2.05) is 18.2 Å². The fourth-order valence-electron chi connectivity index (χ4n) is 6.59. The Morgan fingerprint density at radius 2 is 1.87 bits per heavy atom. The van der Waals surface area contributed by atoms with Crippen LogP contribution in [0.25, 0.3) is 11.1 Å². The van der Waals surface area contributed by atoms with Crippen molar-refractivity contribution in [1.82, 2.24) is 4.98 Å². The summed E-state index contributed by atoms with van der Waals surface area (Å²) in [5, 5.41) is 0. The van der Waals surface area contributed by atoms with Crippen molar-refractivity contribution < 1.29 is 23.4 Å². The molecule has 39 heavy (non-hydrogen) atoms. The summed E-state index contributed by atoms with van der Waals surface area (Å²) in [5.41, 5.74) is 5.87. The first-order valence-corrected chi connectivity index (χ1v) is 13.8. The largest absolute Gasteiger partial charge is 0.489 e. The minimum Gasteiger partial charge on any atom is -0.489 e. The number of aryl methyl sites for hydroxylation is 1. The van der Waals surface area contributed by atoms with Crippen LogP contribution in [-0.4, -0.2) is 25.2 Å². The number of halogens is 1. The van der Waals surface area contributed by atoms with Gasteiger partial charge in [0, 0.05) is 17.0 Å². The van der Waals surface area contributed by atoms with Crippen LogP contribution >= 0.6 is 0 Å². The topological polar surface area (TPSA) is 57.7 Å². The number of aromatic nitrogens is 1. The molecule has 5 nitrogen and oxygen atoms in total. The van der Waals surface area contributed by atoms with Gasteiger partial charge in [-0.1, -0.05) is 51.5 Å². The molecule has 0 amide bonds. The molecule has 206 valence electrons. The Kier molecular flexibility index (Phi) is 7.41. The molecule has 2 aliphatic carbocycles. The Labute approximate surface area is 230 Å². The molecule has 2 atom stereocenters. The summed E-state index contributed by atoms with van der Waals surface area (Å²) in [6.07, 6.45) is 6.81. The lowest BCUT2D eigenvalue weighted by Crippen LogP contribution is -2.23. The van der Waals surface area contributed by atoms with Crippen LogP contribution in [0.5, 0.6) is 11.6 Å². The highest BCUT2D eigenvalue weighted by atomic mass is 19.1. The van der Waals surface area contributed by atoms with Gasteiger partial charge >= 0.3 is 5.97 Å². The molecule has 5 rings (SSSR count). The van der Waals surface area contributed by atoms with Crippen molar-refractivity contribution in [2.24, 2.45) is 5.41 Å². The first kappa shape index (κ1) is 27.2. The third kappa shape index (κ3) is 5.39. The fourth-order valence-corrected chi connectivity index (χ4v) is 6.59. The van der Waals surface area contributed by atoms with Crippen molar-refractivity contribution in [1.29, 1.82) is 0 Å². The van der Waals surface area contributed by atoms with Crippen molar-refractivity contribution in [3.05, 3.63) is 76.7 Å². The Morgan fingerprint density at radius 1 is 1.05 bits per heavy atom. The molecule has 0 unspecified atom stereocenters. The number of carbonyl (C=O) groups is 1. The molecule has 2 aromatic carbocycles. The van der Waals surface area contributed by atoms with Gasteiger partial charge in [-0.15, -0.1) is 0 Å². The lowest BCUT2D eigenvalue weighted by atomic mass is 9.75. The van der Waals surface area contributed by atoms with Crippen LogP contribution in [0.1, 0.15) is 81.0 Å². The standard InChI is InChI=1S/C33H38FNO4/c1-32(2)13-6-7-27(32)25-15-21(8-11-24(25)26-17-30(37-4)35-19-29(26)34)20-39-23-10-9-22-12-14-33(3,28(22)16-23)18-31(36)38-5/h8-11,15-17,19,27H,6-7,12-14,18,20H2,1-5H3/t27-,33-/m0/s1. The monoisotopic (exact) mass is 531 g/mol. The van der Waals surface area contributed by atoms with Gasteiger partial charge in [0.05, 0.1) is 26.8 Å². The van der Waals surface area contributed by atoms with Gasteiger partial charge in [-0.05, 0) is 77.0 Å². The summed E-state index contributed by atoms with van der Waals surface area (Å²) in [6.45, 7) is 7.13. The molecule has 0 bridgehead atoms. The number of nitrogens with zero attached hydrogens (tertiary/aromatic N) is 1. The van der Waals surface area contributed by atoms with Crippen molar-refractivity contribution in [2.45, 2.75) is 77.2 Å². The van der Waals surface area contributed by atoms with Gasteiger partial charge < -0.3 is 14.2 Å². The van der Waals surface area contributed by atoms with E-state index >= 15 is 4.39 Å². The zero-order valence-corrected chi connectivity index (χ0v) is 23.6. The molecule has 0 aliphatic heterocycles. The van der Waals surface area contributed by atoms with Gasteiger partial charge in [0.1, 0.15) is 18.2 Å². The second kappa shape index (κ2) is 10.6. The Hall–Kier alpha value is -3.41. The summed E-state index contributed by atoms with van der Waals surface area (Å²) in [5.74, 6) is 0.937. The predicted molar refractivity (Wildman–Crippen MR) is 150 cm³/mol. The first-order chi connectivity index (χ1) is 18.6. The third-order valence-electron chi connectivity index (χ3n) is 8.92. The number of ether oxygens (including phenoxy) is 3. The molecule has 2 aliphatic rings. The number of hydrogen-bond acceptors (Lipinski definition) is 5. The molecular formula is C33H38FNO4. The quantitative estimate of drug-likeness (QED) is 0.281. The molecule has 0 N–H and O–H groups in total. The average molecular weight is 532 g/mol.